The Balaban J connectivity index is 2.67. The molecular formula is C9H15N5O. The Hall–Kier alpha value is -1.85. The minimum Gasteiger partial charge on any atom is -0.384 e. The molecule has 1 amide bonds. The van der Waals surface area contributed by atoms with Crippen molar-refractivity contribution in [2.24, 2.45) is 5.73 Å². The Morgan fingerprint density at radius 1 is 1.60 bits per heavy atom. The van der Waals surface area contributed by atoms with Crippen LogP contribution in [-0.4, -0.2) is 21.9 Å². The lowest BCUT2D eigenvalue weighted by Crippen LogP contribution is -2.24. The van der Waals surface area contributed by atoms with E-state index in [2.05, 4.69) is 15.3 Å². The van der Waals surface area contributed by atoms with Gasteiger partial charge in [-0.3, -0.25) is 4.79 Å². The van der Waals surface area contributed by atoms with E-state index in [-0.39, 0.29) is 18.4 Å². The van der Waals surface area contributed by atoms with Gasteiger partial charge in [-0.2, -0.15) is 0 Å². The predicted octanol–water partition coefficient (Wildman–Crippen LogP) is 0.0430. The lowest BCUT2D eigenvalue weighted by Gasteiger charge is -2.12. The van der Waals surface area contributed by atoms with Crippen LogP contribution in [0.1, 0.15) is 19.2 Å². The first-order valence-electron chi connectivity index (χ1n) is 4.63. The number of nitrogens with two attached hydrogens (primary N) is 2. The number of anilines is 2. The zero-order valence-corrected chi connectivity index (χ0v) is 8.82. The van der Waals surface area contributed by atoms with Crippen LogP contribution in [0.15, 0.2) is 6.07 Å². The van der Waals surface area contributed by atoms with E-state index < -0.39 is 0 Å². The number of hydrogen-bond acceptors (Lipinski definition) is 5. The number of aryl methyl sites for hydroxylation is 1. The number of primary amides is 1. The SMILES string of the molecule is Cc1nc(N)cc(NC(C)CC(N)=O)n1. The van der Waals surface area contributed by atoms with E-state index in [1.807, 2.05) is 6.92 Å². The Morgan fingerprint density at radius 3 is 2.80 bits per heavy atom. The van der Waals surface area contributed by atoms with E-state index in [4.69, 9.17) is 11.5 Å². The second kappa shape index (κ2) is 4.59. The quantitative estimate of drug-likeness (QED) is 0.649. The van der Waals surface area contributed by atoms with Crippen molar-refractivity contribution in [2.45, 2.75) is 26.3 Å². The van der Waals surface area contributed by atoms with Gasteiger partial charge in [0.2, 0.25) is 5.91 Å². The number of carbonyl (C=O) groups is 1. The Labute approximate surface area is 88.1 Å². The molecule has 0 aliphatic rings. The molecule has 15 heavy (non-hydrogen) atoms. The zero-order valence-electron chi connectivity index (χ0n) is 8.82. The van der Waals surface area contributed by atoms with Gasteiger partial charge >= 0.3 is 0 Å². The summed E-state index contributed by atoms with van der Waals surface area (Å²) >= 11 is 0. The molecule has 0 aliphatic carbocycles. The Morgan fingerprint density at radius 2 is 2.27 bits per heavy atom. The van der Waals surface area contributed by atoms with Gasteiger partial charge in [-0.05, 0) is 13.8 Å². The molecule has 6 nitrogen and oxygen atoms in total. The molecule has 1 unspecified atom stereocenters. The maximum absolute atomic E-state index is 10.7. The third-order valence-corrected chi connectivity index (χ3v) is 1.76. The summed E-state index contributed by atoms with van der Waals surface area (Å²) in [5.74, 6) is 1.24. The summed E-state index contributed by atoms with van der Waals surface area (Å²) in [4.78, 5) is 18.7. The summed E-state index contributed by atoms with van der Waals surface area (Å²) in [5, 5.41) is 3.02. The van der Waals surface area contributed by atoms with Crippen LogP contribution in [0.25, 0.3) is 0 Å². The molecule has 0 radical (unpaired) electrons. The van der Waals surface area contributed by atoms with Crippen LogP contribution < -0.4 is 16.8 Å². The van der Waals surface area contributed by atoms with E-state index in [1.54, 1.807) is 13.0 Å². The van der Waals surface area contributed by atoms with Crippen LogP contribution in [-0.2, 0) is 4.79 Å². The third kappa shape index (κ3) is 3.80. The zero-order chi connectivity index (χ0) is 11.4. The first-order chi connectivity index (χ1) is 6.97. The highest BCUT2D eigenvalue weighted by molar-refractivity contribution is 5.74. The average Bonchev–Trinajstić information content (AvgIpc) is 1.98. The highest BCUT2D eigenvalue weighted by atomic mass is 16.1. The number of hydrogen-bond donors (Lipinski definition) is 3. The molecule has 5 N–H and O–H groups in total. The Bertz CT molecular complexity index is 345. The van der Waals surface area contributed by atoms with Gasteiger partial charge in [-0.15, -0.1) is 0 Å². The van der Waals surface area contributed by atoms with Crippen molar-refractivity contribution in [1.82, 2.24) is 9.97 Å². The molecule has 0 saturated carbocycles. The summed E-state index contributed by atoms with van der Waals surface area (Å²) in [6.45, 7) is 3.60. The first-order valence-corrected chi connectivity index (χ1v) is 4.63. The smallest absolute Gasteiger partial charge is 0.219 e. The van der Waals surface area contributed by atoms with E-state index in [0.29, 0.717) is 17.5 Å². The largest absolute Gasteiger partial charge is 0.384 e. The second-order valence-corrected chi connectivity index (χ2v) is 3.44. The van der Waals surface area contributed by atoms with Gasteiger partial charge in [0.1, 0.15) is 17.5 Å². The van der Waals surface area contributed by atoms with Gasteiger partial charge in [0.15, 0.2) is 0 Å². The van der Waals surface area contributed by atoms with Crippen LogP contribution in [0.3, 0.4) is 0 Å². The normalized spacial score (nSPS) is 12.1. The molecule has 0 aliphatic heterocycles. The molecule has 0 aromatic carbocycles. The number of nitrogens with zero attached hydrogens (tertiary/aromatic N) is 2. The van der Waals surface area contributed by atoms with Gasteiger partial charge < -0.3 is 16.8 Å². The molecular weight excluding hydrogens is 194 g/mol. The fourth-order valence-electron chi connectivity index (χ4n) is 1.27. The summed E-state index contributed by atoms with van der Waals surface area (Å²) in [5.41, 5.74) is 10.6. The molecule has 6 heteroatoms. The molecule has 0 saturated heterocycles. The third-order valence-electron chi connectivity index (χ3n) is 1.76. The molecule has 1 aromatic heterocycles. The molecule has 82 valence electrons. The lowest BCUT2D eigenvalue weighted by molar-refractivity contribution is -0.118. The monoisotopic (exact) mass is 209 g/mol. The molecule has 1 rings (SSSR count). The fourth-order valence-corrected chi connectivity index (χ4v) is 1.27. The summed E-state index contributed by atoms with van der Waals surface area (Å²) in [6, 6.07) is 1.54. The Kier molecular flexibility index (Phi) is 3.43. The number of nitrogens with one attached hydrogen (secondary N) is 1. The van der Waals surface area contributed by atoms with Crippen LogP contribution in [0, 0.1) is 6.92 Å². The first kappa shape index (κ1) is 11.2. The van der Waals surface area contributed by atoms with Crippen molar-refractivity contribution in [3.63, 3.8) is 0 Å². The summed E-state index contributed by atoms with van der Waals surface area (Å²) in [7, 11) is 0. The summed E-state index contributed by atoms with van der Waals surface area (Å²) < 4.78 is 0. The van der Waals surface area contributed by atoms with Gasteiger partial charge in [0, 0.05) is 18.5 Å². The molecule has 0 fully saturated rings. The number of amides is 1. The van der Waals surface area contributed by atoms with Crippen LogP contribution in [0.2, 0.25) is 0 Å². The van der Waals surface area contributed by atoms with Gasteiger partial charge in [0.25, 0.3) is 0 Å². The minimum atomic E-state index is -0.353. The van der Waals surface area contributed by atoms with Crippen molar-refractivity contribution >= 4 is 17.5 Å². The number of carbonyl (C=O) groups excluding carboxylic acids is 1. The summed E-state index contributed by atoms with van der Waals surface area (Å²) in [6.07, 6.45) is 0.253. The van der Waals surface area contributed by atoms with Crippen LogP contribution in [0.5, 0.6) is 0 Å². The predicted molar refractivity (Wildman–Crippen MR) is 58.1 cm³/mol. The number of rotatable bonds is 4. The molecule has 1 atom stereocenters. The van der Waals surface area contributed by atoms with Gasteiger partial charge in [0.05, 0.1) is 0 Å². The number of aromatic nitrogens is 2. The molecule has 1 heterocycles. The standard InChI is InChI=1S/C9H15N5O/c1-5(3-8(11)15)12-9-4-7(10)13-6(2)14-9/h4-5H,3H2,1-2H3,(H2,11,15)(H3,10,12,13,14). The van der Waals surface area contributed by atoms with E-state index in [1.165, 1.54) is 0 Å². The van der Waals surface area contributed by atoms with Crippen molar-refractivity contribution in [3.05, 3.63) is 11.9 Å². The topological polar surface area (TPSA) is 107 Å². The number of nitrogen functional groups attached to an aromatic ring is 1. The highest BCUT2D eigenvalue weighted by Gasteiger charge is 2.07. The fraction of sp³-hybridized carbons (Fsp3) is 0.444. The highest BCUT2D eigenvalue weighted by Crippen LogP contribution is 2.09. The second-order valence-electron chi connectivity index (χ2n) is 3.44. The van der Waals surface area contributed by atoms with Gasteiger partial charge in [-0.25, -0.2) is 9.97 Å². The maximum atomic E-state index is 10.7. The minimum absolute atomic E-state index is 0.0730. The van der Waals surface area contributed by atoms with Crippen molar-refractivity contribution < 1.29 is 4.79 Å². The lowest BCUT2D eigenvalue weighted by atomic mass is 10.2. The van der Waals surface area contributed by atoms with Crippen molar-refractivity contribution in [1.29, 1.82) is 0 Å². The van der Waals surface area contributed by atoms with E-state index in [9.17, 15) is 4.79 Å². The molecule has 0 bridgehead atoms. The van der Waals surface area contributed by atoms with Crippen LogP contribution >= 0.6 is 0 Å². The average molecular weight is 209 g/mol. The van der Waals surface area contributed by atoms with E-state index >= 15 is 0 Å². The van der Waals surface area contributed by atoms with Crippen molar-refractivity contribution in [2.75, 3.05) is 11.1 Å². The van der Waals surface area contributed by atoms with Crippen LogP contribution in [0.4, 0.5) is 11.6 Å². The maximum Gasteiger partial charge on any atom is 0.219 e. The van der Waals surface area contributed by atoms with Crippen molar-refractivity contribution in [3.8, 4) is 0 Å². The molecule has 1 aromatic rings. The molecule has 0 spiro atoms. The van der Waals surface area contributed by atoms with Gasteiger partial charge in [-0.1, -0.05) is 0 Å². The van der Waals surface area contributed by atoms with E-state index in [0.717, 1.165) is 0 Å².